The van der Waals surface area contributed by atoms with Crippen LogP contribution in [0.3, 0.4) is 0 Å². The van der Waals surface area contributed by atoms with Gasteiger partial charge in [0, 0.05) is 29.6 Å². The number of aromatic nitrogens is 3. The largest absolute Gasteiger partial charge is 0.349 e. The van der Waals surface area contributed by atoms with Gasteiger partial charge < -0.3 is 4.57 Å². The first kappa shape index (κ1) is 11.8. The lowest BCUT2D eigenvalue weighted by Gasteiger charge is -2.15. The number of hydrogen-bond acceptors (Lipinski definition) is 3. The zero-order valence-electron chi connectivity index (χ0n) is 10.9. The van der Waals surface area contributed by atoms with Crippen LogP contribution in [0.25, 0.3) is 10.8 Å². The third kappa shape index (κ3) is 1.68. The van der Waals surface area contributed by atoms with E-state index in [2.05, 4.69) is 23.5 Å². The van der Waals surface area contributed by atoms with Gasteiger partial charge in [-0.05, 0) is 23.8 Å². The molecule has 2 aromatic rings. The third-order valence-corrected chi connectivity index (χ3v) is 4.19. The second-order valence-corrected chi connectivity index (χ2v) is 6.79. The van der Waals surface area contributed by atoms with E-state index < -0.39 is 0 Å². The summed E-state index contributed by atoms with van der Waals surface area (Å²) in [6.07, 6.45) is 4.85. The molecule has 0 saturated heterocycles. The molecule has 0 amide bonds. The van der Waals surface area contributed by atoms with Crippen LogP contribution in [0.4, 0.5) is 0 Å². The van der Waals surface area contributed by atoms with Crippen LogP contribution >= 0.6 is 11.9 Å². The molecule has 1 aliphatic heterocycles. The molecule has 0 radical (unpaired) electrons. The van der Waals surface area contributed by atoms with E-state index in [-0.39, 0.29) is 11.0 Å². The van der Waals surface area contributed by atoms with Gasteiger partial charge in [0.05, 0.1) is 11.6 Å². The van der Waals surface area contributed by atoms with E-state index in [0.717, 1.165) is 29.5 Å². The first-order valence-electron chi connectivity index (χ1n) is 6.25. The normalized spacial score (nSPS) is 17.3. The van der Waals surface area contributed by atoms with Crippen molar-refractivity contribution >= 4 is 22.7 Å². The summed E-state index contributed by atoms with van der Waals surface area (Å²) in [4.78, 5) is 12.3. The lowest BCUT2D eigenvalue weighted by atomic mass is 9.90. The standard InChI is InChI=1S/C13H17N3OS/c1-4-18-16-12(17)10-7-15-8-13(2,3)5-11(15)9(10)6-14-16/h6-7H,4-5,8H2,1-3H3. The Labute approximate surface area is 110 Å². The summed E-state index contributed by atoms with van der Waals surface area (Å²) in [5, 5.41) is 6.08. The number of rotatable bonds is 2. The van der Waals surface area contributed by atoms with Gasteiger partial charge in [0.1, 0.15) is 0 Å². The van der Waals surface area contributed by atoms with Gasteiger partial charge in [-0.3, -0.25) is 4.79 Å². The van der Waals surface area contributed by atoms with Gasteiger partial charge in [-0.25, -0.2) is 0 Å². The first-order chi connectivity index (χ1) is 8.52. The maximum Gasteiger partial charge on any atom is 0.286 e. The van der Waals surface area contributed by atoms with Gasteiger partial charge in [-0.15, -0.1) is 0 Å². The van der Waals surface area contributed by atoms with Crippen molar-refractivity contribution in [2.75, 3.05) is 5.75 Å². The maximum atomic E-state index is 12.3. The Balaban J connectivity index is 2.18. The van der Waals surface area contributed by atoms with E-state index in [4.69, 9.17) is 0 Å². The summed E-state index contributed by atoms with van der Waals surface area (Å²) < 4.78 is 3.71. The average molecular weight is 263 g/mol. The minimum atomic E-state index is 0.0130. The molecule has 3 heterocycles. The van der Waals surface area contributed by atoms with Crippen LogP contribution in [0.2, 0.25) is 0 Å². The Bertz CT molecular complexity index is 669. The molecule has 0 fully saturated rings. The Morgan fingerprint density at radius 3 is 2.94 bits per heavy atom. The van der Waals surface area contributed by atoms with Crippen molar-refractivity contribution in [1.29, 1.82) is 0 Å². The monoisotopic (exact) mass is 263 g/mol. The Morgan fingerprint density at radius 2 is 2.22 bits per heavy atom. The molecule has 0 saturated carbocycles. The molecule has 0 spiro atoms. The summed E-state index contributed by atoms with van der Waals surface area (Å²) in [6, 6.07) is 0. The molecular weight excluding hydrogens is 246 g/mol. The molecule has 0 unspecified atom stereocenters. The Hall–Kier alpha value is -1.23. The van der Waals surface area contributed by atoms with Gasteiger partial charge >= 0.3 is 0 Å². The van der Waals surface area contributed by atoms with Gasteiger partial charge in [0.2, 0.25) is 0 Å². The fraction of sp³-hybridized carbons (Fsp3) is 0.538. The molecule has 0 atom stereocenters. The quantitative estimate of drug-likeness (QED) is 0.834. The summed E-state index contributed by atoms with van der Waals surface area (Å²) in [5.41, 5.74) is 1.56. The van der Waals surface area contributed by atoms with Gasteiger partial charge in [0.25, 0.3) is 5.56 Å². The highest BCUT2D eigenvalue weighted by Gasteiger charge is 2.30. The third-order valence-electron chi connectivity index (χ3n) is 3.42. The Morgan fingerprint density at radius 1 is 1.44 bits per heavy atom. The predicted molar refractivity (Wildman–Crippen MR) is 75.0 cm³/mol. The van der Waals surface area contributed by atoms with Crippen LogP contribution in [0.5, 0.6) is 0 Å². The molecule has 0 N–H and O–H groups in total. The van der Waals surface area contributed by atoms with E-state index >= 15 is 0 Å². The molecule has 0 aliphatic carbocycles. The second kappa shape index (κ2) is 3.88. The van der Waals surface area contributed by atoms with Gasteiger partial charge in [-0.1, -0.05) is 20.8 Å². The fourth-order valence-electron chi connectivity index (χ4n) is 2.72. The molecule has 5 heteroatoms. The van der Waals surface area contributed by atoms with Crippen molar-refractivity contribution in [3.05, 3.63) is 28.4 Å². The van der Waals surface area contributed by atoms with E-state index in [9.17, 15) is 4.79 Å². The molecule has 3 rings (SSSR count). The van der Waals surface area contributed by atoms with E-state index in [0.29, 0.717) is 0 Å². The minimum absolute atomic E-state index is 0.0130. The van der Waals surface area contributed by atoms with Crippen LogP contribution in [-0.2, 0) is 13.0 Å². The van der Waals surface area contributed by atoms with Gasteiger partial charge in [0.15, 0.2) is 0 Å². The second-order valence-electron chi connectivity index (χ2n) is 5.61. The SMILES string of the molecule is CCSn1ncc2c3n(cc2c1=O)CC(C)(C)C3. The van der Waals surface area contributed by atoms with Crippen molar-refractivity contribution < 1.29 is 0 Å². The number of nitrogens with zero attached hydrogens (tertiary/aromatic N) is 3. The summed E-state index contributed by atoms with van der Waals surface area (Å²) in [6.45, 7) is 7.52. The molecule has 18 heavy (non-hydrogen) atoms. The smallest absolute Gasteiger partial charge is 0.286 e. The predicted octanol–water partition coefficient (Wildman–Crippen LogP) is 2.30. The van der Waals surface area contributed by atoms with Crippen molar-refractivity contribution in [3.8, 4) is 0 Å². The highest BCUT2D eigenvalue weighted by Crippen LogP contribution is 2.35. The maximum absolute atomic E-state index is 12.3. The first-order valence-corrected chi connectivity index (χ1v) is 7.19. The molecule has 4 nitrogen and oxygen atoms in total. The van der Waals surface area contributed by atoms with Crippen LogP contribution in [0, 0.1) is 5.41 Å². The average Bonchev–Trinajstić information content (AvgIpc) is 2.75. The minimum Gasteiger partial charge on any atom is -0.349 e. The fourth-order valence-corrected chi connectivity index (χ4v) is 3.29. The van der Waals surface area contributed by atoms with Crippen molar-refractivity contribution in [2.24, 2.45) is 5.41 Å². The molecule has 96 valence electrons. The summed E-state index contributed by atoms with van der Waals surface area (Å²) in [5.74, 6) is 0.846. The molecule has 0 bridgehead atoms. The molecular formula is C13H17N3OS. The summed E-state index contributed by atoms with van der Waals surface area (Å²) >= 11 is 1.44. The lowest BCUT2D eigenvalue weighted by molar-refractivity contribution is 0.359. The zero-order valence-corrected chi connectivity index (χ0v) is 11.8. The van der Waals surface area contributed by atoms with E-state index in [1.807, 2.05) is 19.3 Å². The zero-order chi connectivity index (χ0) is 12.9. The van der Waals surface area contributed by atoms with Gasteiger partial charge in [-0.2, -0.15) is 9.19 Å². The molecule has 0 aromatic carbocycles. The van der Waals surface area contributed by atoms with E-state index in [1.165, 1.54) is 21.7 Å². The van der Waals surface area contributed by atoms with E-state index in [1.54, 1.807) is 0 Å². The van der Waals surface area contributed by atoms with Crippen LogP contribution < -0.4 is 5.56 Å². The Kier molecular flexibility index (Phi) is 2.55. The lowest BCUT2D eigenvalue weighted by Crippen LogP contribution is -2.18. The topological polar surface area (TPSA) is 39.8 Å². The van der Waals surface area contributed by atoms with Crippen LogP contribution in [0.1, 0.15) is 26.5 Å². The molecule has 1 aliphatic rings. The molecule has 2 aromatic heterocycles. The highest BCUT2D eigenvalue weighted by atomic mass is 32.2. The number of fused-ring (bicyclic) bond motifs is 3. The van der Waals surface area contributed by atoms with Crippen LogP contribution in [0.15, 0.2) is 17.2 Å². The van der Waals surface area contributed by atoms with Crippen molar-refractivity contribution in [1.82, 2.24) is 13.8 Å². The van der Waals surface area contributed by atoms with Crippen molar-refractivity contribution in [3.63, 3.8) is 0 Å². The van der Waals surface area contributed by atoms with Crippen molar-refractivity contribution in [2.45, 2.75) is 33.7 Å². The van der Waals surface area contributed by atoms with Crippen LogP contribution in [-0.4, -0.2) is 19.5 Å². The highest BCUT2D eigenvalue weighted by molar-refractivity contribution is 7.97. The summed E-state index contributed by atoms with van der Waals surface area (Å²) in [7, 11) is 0. The number of hydrogen-bond donors (Lipinski definition) is 0.